The van der Waals surface area contributed by atoms with Crippen LogP contribution >= 0.6 is 0 Å². The molecule has 0 bridgehead atoms. The Morgan fingerprint density at radius 1 is 1.20 bits per heavy atom. The second-order valence-electron chi connectivity index (χ2n) is 9.77. The van der Waals surface area contributed by atoms with Gasteiger partial charge in [-0.2, -0.15) is 0 Å². The van der Waals surface area contributed by atoms with Gasteiger partial charge in [0.05, 0.1) is 29.8 Å². The van der Waals surface area contributed by atoms with Crippen LogP contribution in [0.5, 0.6) is 5.75 Å². The van der Waals surface area contributed by atoms with Gasteiger partial charge in [0.1, 0.15) is 12.4 Å². The van der Waals surface area contributed by atoms with Gasteiger partial charge < -0.3 is 24.9 Å². The van der Waals surface area contributed by atoms with E-state index in [2.05, 4.69) is 27.0 Å². The molecule has 7 heteroatoms. The Kier molecular flexibility index (Phi) is 6.49. The number of carbonyl (C=O) groups is 1. The summed E-state index contributed by atoms with van der Waals surface area (Å²) in [6.07, 6.45) is 9.54. The van der Waals surface area contributed by atoms with Crippen molar-refractivity contribution in [2.75, 3.05) is 17.7 Å². The van der Waals surface area contributed by atoms with Crippen molar-refractivity contribution in [2.24, 2.45) is 5.92 Å². The first-order chi connectivity index (χ1) is 17.0. The number of nitrogens with zero attached hydrogens (tertiary/aromatic N) is 3. The molecule has 5 rings (SSSR count). The minimum absolute atomic E-state index is 0.0383. The quantitative estimate of drug-likeness (QED) is 0.319. The fourth-order valence-electron chi connectivity index (χ4n) is 4.71. The first kappa shape index (κ1) is 23.0. The summed E-state index contributed by atoms with van der Waals surface area (Å²) < 4.78 is 10.4. The molecule has 0 spiro atoms. The van der Waals surface area contributed by atoms with Gasteiger partial charge in [0.25, 0.3) is 0 Å². The van der Waals surface area contributed by atoms with Gasteiger partial charge in [-0.3, -0.25) is 4.79 Å². The Hall–Kier alpha value is -3.74. The van der Waals surface area contributed by atoms with Crippen LogP contribution in [0.4, 0.5) is 11.4 Å². The summed E-state index contributed by atoms with van der Waals surface area (Å²) >= 11 is 0. The first-order valence-corrected chi connectivity index (χ1v) is 12.4. The van der Waals surface area contributed by atoms with Crippen LogP contribution in [0.3, 0.4) is 0 Å². The molecule has 1 aliphatic rings. The van der Waals surface area contributed by atoms with Crippen LogP contribution in [0.25, 0.3) is 22.2 Å². The van der Waals surface area contributed by atoms with Crippen molar-refractivity contribution in [3.63, 3.8) is 0 Å². The van der Waals surface area contributed by atoms with Crippen molar-refractivity contribution in [3.05, 3.63) is 61.2 Å². The number of fused-ring (bicyclic) bond motifs is 1. The summed E-state index contributed by atoms with van der Waals surface area (Å²) in [5, 5.41) is 4.01. The summed E-state index contributed by atoms with van der Waals surface area (Å²) in [6, 6.07) is 14.7. The minimum atomic E-state index is 0.0383. The number of anilines is 2. The maximum Gasteiger partial charge on any atom is 0.224 e. The molecule has 1 saturated carbocycles. The van der Waals surface area contributed by atoms with Crippen LogP contribution in [0.1, 0.15) is 45.6 Å². The van der Waals surface area contributed by atoms with Crippen molar-refractivity contribution < 1.29 is 9.53 Å². The molecule has 7 nitrogen and oxygen atoms in total. The number of rotatable bonds is 9. The first-order valence-electron chi connectivity index (χ1n) is 12.4. The fourth-order valence-corrected chi connectivity index (χ4v) is 4.71. The van der Waals surface area contributed by atoms with Crippen molar-refractivity contribution in [1.82, 2.24) is 14.1 Å². The van der Waals surface area contributed by atoms with Crippen molar-refractivity contribution >= 4 is 28.2 Å². The van der Waals surface area contributed by atoms with Crippen LogP contribution in [0, 0.1) is 5.92 Å². The molecular formula is C28H33N5O2. The van der Waals surface area contributed by atoms with E-state index in [1.54, 1.807) is 12.5 Å². The molecule has 0 atom stereocenters. The maximum atomic E-state index is 12.2. The lowest BCUT2D eigenvalue weighted by molar-refractivity contribution is -0.116. The second kappa shape index (κ2) is 9.86. The van der Waals surface area contributed by atoms with Crippen LogP contribution in [0.15, 0.2) is 61.2 Å². The molecule has 1 fully saturated rings. The number of nitrogen functional groups attached to an aromatic ring is 1. The third-order valence-electron chi connectivity index (χ3n) is 6.67. The molecule has 35 heavy (non-hydrogen) atoms. The number of hydrogen-bond donors (Lipinski definition) is 2. The molecule has 4 aromatic rings. The number of nitrogens with one attached hydrogen (secondary N) is 1. The molecule has 2 aromatic heterocycles. The predicted molar refractivity (Wildman–Crippen MR) is 140 cm³/mol. The SMILES string of the molecule is CC(C)CC(=O)Nc1ccc(-c2c(N)c3cc(OCCn4ccnc4)ccc3n2C2CCC2)cc1. The van der Waals surface area contributed by atoms with Crippen molar-refractivity contribution in [3.8, 4) is 17.0 Å². The maximum absolute atomic E-state index is 12.2. The van der Waals surface area contributed by atoms with E-state index in [9.17, 15) is 4.79 Å². The molecule has 2 heterocycles. The summed E-state index contributed by atoms with van der Waals surface area (Å²) in [5.74, 6) is 1.17. The van der Waals surface area contributed by atoms with Gasteiger partial charge in [0, 0.05) is 41.5 Å². The Balaban J connectivity index is 1.42. The molecule has 182 valence electrons. The molecular weight excluding hydrogens is 438 g/mol. The van der Waals surface area contributed by atoms with Crippen molar-refractivity contribution in [2.45, 2.75) is 52.1 Å². The lowest BCUT2D eigenvalue weighted by atomic mass is 9.92. The highest BCUT2D eigenvalue weighted by atomic mass is 16.5. The third kappa shape index (κ3) is 4.90. The van der Waals surface area contributed by atoms with Gasteiger partial charge in [0.15, 0.2) is 0 Å². The number of nitrogens with two attached hydrogens (primary N) is 1. The number of aromatic nitrogens is 3. The Bertz CT molecular complexity index is 1300. The normalized spacial score (nSPS) is 13.8. The number of imidazole rings is 1. The number of carbonyl (C=O) groups excluding carboxylic acids is 1. The lowest BCUT2D eigenvalue weighted by Gasteiger charge is -2.30. The average Bonchev–Trinajstić information content (AvgIpc) is 3.40. The van der Waals surface area contributed by atoms with Gasteiger partial charge in [-0.1, -0.05) is 26.0 Å². The summed E-state index contributed by atoms with van der Waals surface area (Å²) in [7, 11) is 0. The average molecular weight is 472 g/mol. The highest BCUT2D eigenvalue weighted by Gasteiger charge is 2.27. The highest BCUT2D eigenvalue weighted by molar-refractivity contribution is 6.02. The zero-order valence-corrected chi connectivity index (χ0v) is 20.4. The van der Waals surface area contributed by atoms with E-state index < -0.39 is 0 Å². The molecule has 0 saturated heterocycles. The molecule has 0 radical (unpaired) electrons. The van der Waals surface area contributed by atoms with Crippen LogP contribution in [-0.4, -0.2) is 26.6 Å². The fraction of sp³-hybridized carbons (Fsp3) is 0.357. The van der Waals surface area contributed by atoms with Gasteiger partial charge in [-0.15, -0.1) is 0 Å². The molecule has 1 aliphatic carbocycles. The predicted octanol–water partition coefficient (Wildman–Crippen LogP) is 5.88. The standard InChI is InChI=1S/C28H33N5O2/c1-19(2)16-26(34)31-21-8-6-20(7-9-21)28-27(29)24-17-23(35-15-14-32-13-12-30-18-32)10-11-25(24)33(28)22-4-3-5-22/h6-13,17-19,22H,3-5,14-16,29H2,1-2H3,(H,31,34). The summed E-state index contributed by atoms with van der Waals surface area (Å²) in [4.78, 5) is 16.2. The smallest absolute Gasteiger partial charge is 0.224 e. The number of benzene rings is 2. The van der Waals surface area contributed by atoms with E-state index in [4.69, 9.17) is 10.5 Å². The van der Waals surface area contributed by atoms with E-state index >= 15 is 0 Å². The molecule has 3 N–H and O–H groups in total. The van der Waals surface area contributed by atoms with Crippen LogP contribution in [-0.2, 0) is 11.3 Å². The number of amides is 1. The number of ether oxygens (including phenoxy) is 1. The second-order valence-corrected chi connectivity index (χ2v) is 9.77. The minimum Gasteiger partial charge on any atom is -0.492 e. The van der Waals surface area contributed by atoms with Crippen molar-refractivity contribution in [1.29, 1.82) is 0 Å². The van der Waals surface area contributed by atoms with E-state index in [0.717, 1.165) is 58.7 Å². The summed E-state index contributed by atoms with van der Waals surface area (Å²) in [5.41, 5.74) is 11.6. The van der Waals surface area contributed by atoms with Crippen LogP contribution in [0.2, 0.25) is 0 Å². The van der Waals surface area contributed by atoms with E-state index in [-0.39, 0.29) is 5.91 Å². The molecule has 0 unspecified atom stereocenters. The van der Waals surface area contributed by atoms with E-state index in [1.165, 1.54) is 6.42 Å². The van der Waals surface area contributed by atoms with E-state index in [1.807, 2.05) is 54.9 Å². The monoisotopic (exact) mass is 471 g/mol. The highest BCUT2D eigenvalue weighted by Crippen LogP contribution is 2.44. The topological polar surface area (TPSA) is 87.1 Å². The van der Waals surface area contributed by atoms with Gasteiger partial charge in [0.2, 0.25) is 5.91 Å². The Morgan fingerprint density at radius 3 is 2.66 bits per heavy atom. The Morgan fingerprint density at radius 2 is 2.00 bits per heavy atom. The Labute approximate surface area is 205 Å². The van der Waals surface area contributed by atoms with Crippen LogP contribution < -0.4 is 15.8 Å². The molecule has 0 aliphatic heterocycles. The largest absolute Gasteiger partial charge is 0.492 e. The zero-order valence-electron chi connectivity index (χ0n) is 20.4. The summed E-state index contributed by atoms with van der Waals surface area (Å²) in [6.45, 7) is 5.38. The lowest BCUT2D eigenvalue weighted by Crippen LogP contribution is -2.18. The van der Waals surface area contributed by atoms with Gasteiger partial charge >= 0.3 is 0 Å². The third-order valence-corrected chi connectivity index (χ3v) is 6.67. The number of hydrogen-bond acceptors (Lipinski definition) is 4. The molecule has 1 amide bonds. The zero-order chi connectivity index (χ0) is 24.4. The van der Waals surface area contributed by atoms with Gasteiger partial charge in [-0.25, -0.2) is 4.98 Å². The van der Waals surface area contributed by atoms with E-state index in [0.29, 0.717) is 25.0 Å². The molecule has 2 aromatic carbocycles. The van der Waals surface area contributed by atoms with Gasteiger partial charge in [-0.05, 0) is 55.5 Å².